The van der Waals surface area contributed by atoms with Crippen molar-refractivity contribution < 1.29 is 19.1 Å². The molecule has 3 rings (SSSR count). The zero-order valence-corrected chi connectivity index (χ0v) is 17.8. The predicted molar refractivity (Wildman–Crippen MR) is 114 cm³/mol. The highest BCUT2D eigenvalue weighted by Gasteiger charge is 2.27. The van der Waals surface area contributed by atoms with E-state index >= 15 is 0 Å². The molecule has 2 aliphatic rings. The van der Waals surface area contributed by atoms with Gasteiger partial charge in [0.1, 0.15) is 5.75 Å². The number of ether oxygens (including phenoxy) is 1. The minimum absolute atomic E-state index is 0.0433. The molecule has 0 unspecified atom stereocenters. The zero-order valence-electron chi connectivity index (χ0n) is 17.8. The summed E-state index contributed by atoms with van der Waals surface area (Å²) in [7, 11) is 0. The lowest BCUT2D eigenvalue weighted by atomic mass is 9.88. The van der Waals surface area contributed by atoms with Crippen LogP contribution in [0.5, 0.6) is 5.75 Å². The van der Waals surface area contributed by atoms with Crippen LogP contribution in [-0.4, -0.2) is 54.9 Å². The Morgan fingerprint density at radius 2 is 1.73 bits per heavy atom. The molecule has 0 spiro atoms. The highest BCUT2D eigenvalue weighted by molar-refractivity contribution is 5.98. The molecule has 1 aromatic carbocycles. The summed E-state index contributed by atoms with van der Waals surface area (Å²) in [6.07, 6.45) is 7.02. The van der Waals surface area contributed by atoms with E-state index in [9.17, 15) is 14.4 Å². The molecule has 3 amide bonds. The molecule has 164 valence electrons. The van der Waals surface area contributed by atoms with Crippen LogP contribution in [-0.2, 0) is 9.59 Å². The minimum atomic E-state index is -0.318. The maximum absolute atomic E-state index is 12.5. The first kappa shape index (κ1) is 22.1. The molecule has 2 fully saturated rings. The van der Waals surface area contributed by atoms with Gasteiger partial charge in [-0.05, 0) is 44.7 Å². The number of para-hydroxylation sites is 1. The Bertz CT molecular complexity index is 738. The maximum Gasteiger partial charge on any atom is 0.255 e. The van der Waals surface area contributed by atoms with E-state index in [4.69, 9.17) is 4.74 Å². The van der Waals surface area contributed by atoms with Gasteiger partial charge in [0.15, 0.2) is 0 Å². The fourth-order valence-electron chi connectivity index (χ4n) is 4.26. The van der Waals surface area contributed by atoms with Gasteiger partial charge in [-0.1, -0.05) is 31.4 Å². The average Bonchev–Trinajstić information content (AvgIpc) is 2.79. The van der Waals surface area contributed by atoms with Gasteiger partial charge < -0.3 is 20.3 Å². The van der Waals surface area contributed by atoms with E-state index in [1.54, 1.807) is 23.1 Å². The van der Waals surface area contributed by atoms with E-state index in [1.807, 2.05) is 13.0 Å². The van der Waals surface area contributed by atoms with Gasteiger partial charge in [0.2, 0.25) is 11.8 Å². The van der Waals surface area contributed by atoms with Gasteiger partial charge in [-0.2, -0.15) is 0 Å². The van der Waals surface area contributed by atoms with Gasteiger partial charge in [0.05, 0.1) is 18.7 Å². The third-order valence-electron chi connectivity index (χ3n) is 6.00. The number of likely N-dealkylation sites (tertiary alicyclic amines) is 1. The molecule has 7 heteroatoms. The van der Waals surface area contributed by atoms with E-state index in [2.05, 4.69) is 10.6 Å². The van der Waals surface area contributed by atoms with Crippen LogP contribution in [0, 0.1) is 5.92 Å². The first-order valence-electron chi connectivity index (χ1n) is 11.2. The fourth-order valence-corrected chi connectivity index (χ4v) is 4.26. The monoisotopic (exact) mass is 415 g/mol. The van der Waals surface area contributed by atoms with Crippen LogP contribution in [0.4, 0.5) is 0 Å². The van der Waals surface area contributed by atoms with Crippen molar-refractivity contribution in [2.45, 2.75) is 57.9 Å². The second-order valence-corrected chi connectivity index (χ2v) is 8.11. The van der Waals surface area contributed by atoms with Gasteiger partial charge in [-0.3, -0.25) is 14.4 Å². The molecular weight excluding hydrogens is 382 g/mol. The first-order chi connectivity index (χ1) is 14.6. The number of hydrogen-bond acceptors (Lipinski definition) is 4. The van der Waals surface area contributed by atoms with Crippen molar-refractivity contribution in [1.29, 1.82) is 0 Å². The van der Waals surface area contributed by atoms with Crippen LogP contribution in [0.1, 0.15) is 62.2 Å². The molecule has 0 aromatic heterocycles. The third kappa shape index (κ3) is 5.97. The zero-order chi connectivity index (χ0) is 21.3. The van der Waals surface area contributed by atoms with Crippen molar-refractivity contribution in [1.82, 2.24) is 15.5 Å². The molecule has 1 saturated heterocycles. The van der Waals surface area contributed by atoms with Crippen molar-refractivity contribution >= 4 is 17.7 Å². The highest BCUT2D eigenvalue weighted by atomic mass is 16.5. The van der Waals surface area contributed by atoms with Crippen LogP contribution in [0.2, 0.25) is 0 Å². The highest BCUT2D eigenvalue weighted by Crippen LogP contribution is 2.24. The van der Waals surface area contributed by atoms with Gasteiger partial charge >= 0.3 is 0 Å². The quantitative estimate of drug-likeness (QED) is 0.716. The normalized spacial score (nSPS) is 18.0. The number of piperidine rings is 1. The van der Waals surface area contributed by atoms with E-state index in [0.29, 0.717) is 31.0 Å². The third-order valence-corrected chi connectivity index (χ3v) is 6.00. The van der Waals surface area contributed by atoms with Crippen LogP contribution in [0.25, 0.3) is 0 Å². The number of benzene rings is 1. The number of hydrogen-bond donors (Lipinski definition) is 2. The van der Waals surface area contributed by atoms with Crippen molar-refractivity contribution in [3.05, 3.63) is 29.8 Å². The molecule has 30 heavy (non-hydrogen) atoms. The van der Waals surface area contributed by atoms with Crippen LogP contribution < -0.4 is 15.4 Å². The second-order valence-electron chi connectivity index (χ2n) is 8.11. The Balaban J connectivity index is 1.41. The van der Waals surface area contributed by atoms with Gasteiger partial charge in [0.25, 0.3) is 5.91 Å². The van der Waals surface area contributed by atoms with E-state index in [0.717, 1.165) is 38.5 Å². The summed E-state index contributed by atoms with van der Waals surface area (Å²) in [4.78, 5) is 39.1. The Hall–Kier alpha value is -2.57. The lowest BCUT2D eigenvalue weighted by Crippen LogP contribution is -2.50. The standard InChI is InChI=1S/C23H33N3O4/c1-2-30-20-11-7-6-10-19(20)23(29)24-16-21(27)26-14-12-18(13-15-26)25-22(28)17-8-4-3-5-9-17/h6-7,10-11,17-18H,2-5,8-9,12-16H2,1H3,(H,24,29)(H,25,28). The van der Waals surface area contributed by atoms with E-state index in [1.165, 1.54) is 6.42 Å². The van der Waals surface area contributed by atoms with Crippen LogP contribution in [0.15, 0.2) is 24.3 Å². The smallest absolute Gasteiger partial charge is 0.255 e. The van der Waals surface area contributed by atoms with Crippen LogP contribution >= 0.6 is 0 Å². The van der Waals surface area contributed by atoms with E-state index in [-0.39, 0.29) is 36.2 Å². The molecule has 1 aliphatic heterocycles. The second kappa shape index (κ2) is 11.0. The summed E-state index contributed by atoms with van der Waals surface area (Å²) in [5.74, 6) is 0.434. The molecule has 0 radical (unpaired) electrons. The lowest BCUT2D eigenvalue weighted by molar-refractivity contribution is -0.131. The molecule has 1 saturated carbocycles. The van der Waals surface area contributed by atoms with Crippen molar-refractivity contribution in [3.63, 3.8) is 0 Å². The first-order valence-corrected chi connectivity index (χ1v) is 11.2. The summed E-state index contributed by atoms with van der Waals surface area (Å²) in [6.45, 7) is 3.48. The largest absolute Gasteiger partial charge is 0.493 e. The Morgan fingerprint density at radius 3 is 2.43 bits per heavy atom. The SMILES string of the molecule is CCOc1ccccc1C(=O)NCC(=O)N1CCC(NC(=O)C2CCCCC2)CC1. The summed E-state index contributed by atoms with van der Waals surface area (Å²) < 4.78 is 5.48. The average molecular weight is 416 g/mol. The molecule has 1 aromatic rings. The van der Waals surface area contributed by atoms with Crippen molar-refractivity contribution in [2.24, 2.45) is 5.92 Å². The predicted octanol–water partition coefficient (Wildman–Crippen LogP) is 2.50. The fraction of sp³-hybridized carbons (Fsp3) is 0.609. The number of amides is 3. The number of rotatable bonds is 7. The molecule has 1 aliphatic carbocycles. The molecular formula is C23H33N3O4. The van der Waals surface area contributed by atoms with Crippen LogP contribution in [0.3, 0.4) is 0 Å². The van der Waals surface area contributed by atoms with Crippen molar-refractivity contribution in [3.8, 4) is 5.75 Å². The van der Waals surface area contributed by atoms with Gasteiger partial charge in [-0.15, -0.1) is 0 Å². The number of carbonyl (C=O) groups excluding carboxylic acids is 3. The molecule has 0 atom stereocenters. The summed E-state index contributed by atoms with van der Waals surface area (Å²) >= 11 is 0. The minimum Gasteiger partial charge on any atom is -0.493 e. The Labute approximate surface area is 178 Å². The number of nitrogens with zero attached hydrogens (tertiary/aromatic N) is 1. The lowest BCUT2D eigenvalue weighted by Gasteiger charge is -2.33. The topological polar surface area (TPSA) is 87.7 Å². The van der Waals surface area contributed by atoms with Crippen molar-refractivity contribution in [2.75, 3.05) is 26.2 Å². The summed E-state index contributed by atoms with van der Waals surface area (Å²) in [6, 6.07) is 7.14. The molecule has 7 nitrogen and oxygen atoms in total. The number of nitrogens with one attached hydrogen (secondary N) is 2. The number of carbonyl (C=O) groups is 3. The van der Waals surface area contributed by atoms with Gasteiger partial charge in [-0.25, -0.2) is 0 Å². The Kier molecular flexibility index (Phi) is 8.11. The maximum atomic E-state index is 12.5. The summed E-state index contributed by atoms with van der Waals surface area (Å²) in [5, 5.41) is 5.88. The van der Waals surface area contributed by atoms with Gasteiger partial charge in [0, 0.05) is 25.0 Å². The summed E-state index contributed by atoms with van der Waals surface area (Å²) in [5.41, 5.74) is 0.427. The molecule has 2 N–H and O–H groups in total. The Morgan fingerprint density at radius 1 is 1.03 bits per heavy atom. The molecule has 0 bridgehead atoms. The van der Waals surface area contributed by atoms with E-state index < -0.39 is 0 Å². The molecule has 1 heterocycles.